The number of sulfone groups is 1. The molecule has 1 saturated heterocycles. The Hall–Kier alpha value is -1.97. The summed E-state index contributed by atoms with van der Waals surface area (Å²) in [5, 5.41) is 9.93. The van der Waals surface area contributed by atoms with Crippen LogP contribution in [-0.4, -0.2) is 69.4 Å². The lowest BCUT2D eigenvalue weighted by molar-refractivity contribution is -0.123. The van der Waals surface area contributed by atoms with Crippen molar-refractivity contribution in [3.8, 4) is 0 Å². The Morgan fingerprint density at radius 2 is 1.79 bits per heavy atom. The van der Waals surface area contributed by atoms with Crippen LogP contribution in [0.25, 0.3) is 0 Å². The molecule has 1 aliphatic heterocycles. The van der Waals surface area contributed by atoms with Gasteiger partial charge in [-0.1, -0.05) is 12.1 Å². The van der Waals surface area contributed by atoms with E-state index in [9.17, 15) is 13.2 Å². The highest BCUT2D eigenvalue weighted by Crippen LogP contribution is 2.38. The van der Waals surface area contributed by atoms with Crippen molar-refractivity contribution in [1.82, 2.24) is 10.2 Å². The molecular formula is C20H30N2O6S. The first kappa shape index (κ1) is 23.3. The summed E-state index contributed by atoms with van der Waals surface area (Å²) in [6.07, 6.45) is 3.22. The molecule has 1 aromatic rings. The van der Waals surface area contributed by atoms with Crippen LogP contribution < -0.4 is 5.32 Å². The number of ether oxygens (including phenoxy) is 1. The molecule has 1 aromatic carbocycles. The molecule has 1 amide bonds. The van der Waals surface area contributed by atoms with Gasteiger partial charge in [0.25, 0.3) is 6.47 Å². The minimum absolute atomic E-state index is 0.00341. The fraction of sp³-hybridized carbons (Fsp3) is 0.600. The number of hydrogen-bond acceptors (Lipinski definition) is 6. The Morgan fingerprint density at radius 3 is 2.28 bits per heavy atom. The number of amides is 1. The minimum atomic E-state index is -3.15. The van der Waals surface area contributed by atoms with Crippen molar-refractivity contribution < 1.29 is 27.9 Å². The Bertz CT molecular complexity index is 796. The van der Waals surface area contributed by atoms with Crippen LogP contribution in [0, 0.1) is 11.8 Å². The largest absolute Gasteiger partial charge is 0.483 e. The molecule has 1 heterocycles. The number of fused-ring (bicyclic) bond motifs is 1. The molecule has 0 aromatic heterocycles. The van der Waals surface area contributed by atoms with Gasteiger partial charge in [-0.15, -0.1) is 0 Å². The summed E-state index contributed by atoms with van der Waals surface area (Å²) >= 11 is 0. The van der Waals surface area contributed by atoms with Gasteiger partial charge in [0.1, 0.15) is 0 Å². The zero-order chi connectivity index (χ0) is 21.6. The maximum atomic E-state index is 11.6. The molecule has 0 unspecified atom stereocenters. The summed E-state index contributed by atoms with van der Waals surface area (Å²) in [6, 6.07) is 7.25. The number of hydrogen-bond donors (Lipinski definition) is 2. The van der Waals surface area contributed by atoms with Gasteiger partial charge in [0.15, 0.2) is 9.84 Å². The van der Waals surface area contributed by atoms with Crippen molar-refractivity contribution in [2.24, 2.45) is 11.8 Å². The van der Waals surface area contributed by atoms with Gasteiger partial charge in [-0.25, -0.2) is 8.42 Å². The molecule has 2 fully saturated rings. The van der Waals surface area contributed by atoms with Crippen LogP contribution in [0.2, 0.25) is 0 Å². The number of methoxy groups -OCH3 is 1. The average molecular weight is 427 g/mol. The Kier molecular flexibility index (Phi) is 8.18. The summed E-state index contributed by atoms with van der Waals surface area (Å²) < 4.78 is 28.8. The number of benzene rings is 1. The second-order valence-electron chi connectivity index (χ2n) is 7.79. The quantitative estimate of drug-likeness (QED) is 0.679. The van der Waals surface area contributed by atoms with E-state index in [0.717, 1.165) is 38.0 Å². The zero-order valence-corrected chi connectivity index (χ0v) is 17.9. The van der Waals surface area contributed by atoms with E-state index in [0.29, 0.717) is 16.7 Å². The molecule has 4 atom stereocenters. The number of carbonyl (C=O) groups excluding carboxylic acids is 1. The second kappa shape index (κ2) is 10.2. The fourth-order valence-corrected chi connectivity index (χ4v) is 5.04. The number of rotatable bonds is 5. The van der Waals surface area contributed by atoms with Crippen LogP contribution in [-0.2, 0) is 30.7 Å². The number of carbonyl (C=O) groups is 2. The van der Waals surface area contributed by atoms with Crippen LogP contribution in [0.15, 0.2) is 29.2 Å². The van der Waals surface area contributed by atoms with Crippen LogP contribution in [0.5, 0.6) is 0 Å². The first-order valence-corrected chi connectivity index (χ1v) is 11.5. The molecule has 2 aliphatic rings. The number of nitrogens with zero attached hydrogens (tertiary/aromatic N) is 1. The Labute approximate surface area is 172 Å². The molecule has 1 aliphatic carbocycles. The number of nitrogens with one attached hydrogen (secondary N) is 1. The molecule has 3 rings (SSSR count). The smallest absolute Gasteiger partial charge is 0.290 e. The third-order valence-corrected chi connectivity index (χ3v) is 6.77. The van der Waals surface area contributed by atoms with Crippen molar-refractivity contribution >= 4 is 22.2 Å². The molecule has 0 radical (unpaired) electrons. The topological polar surface area (TPSA) is 113 Å². The molecule has 0 bridgehead atoms. The Balaban J connectivity index is 0.000000941. The van der Waals surface area contributed by atoms with E-state index < -0.39 is 9.84 Å². The highest BCUT2D eigenvalue weighted by molar-refractivity contribution is 7.90. The van der Waals surface area contributed by atoms with Gasteiger partial charge in [-0.3, -0.25) is 14.5 Å². The van der Waals surface area contributed by atoms with Crippen LogP contribution in [0.4, 0.5) is 0 Å². The predicted molar refractivity (Wildman–Crippen MR) is 108 cm³/mol. The third-order valence-electron chi connectivity index (χ3n) is 5.64. The molecule has 162 valence electrons. The SMILES string of the molecule is CO[C@@H]1C[C@H]2CN(Cc3ccc(S(C)(=O)=O)cc3)C[C@H]2C[C@H]1NC(C)=O.O=CO. The van der Waals surface area contributed by atoms with E-state index in [2.05, 4.69) is 10.2 Å². The predicted octanol–water partition coefficient (Wildman–Crippen LogP) is 1.15. The number of carboxylic acid groups (broad SMARTS) is 1. The summed E-state index contributed by atoms with van der Waals surface area (Å²) in [6.45, 7) is 4.15. The van der Waals surface area contributed by atoms with Gasteiger partial charge in [0.2, 0.25) is 5.91 Å². The monoisotopic (exact) mass is 426 g/mol. The summed E-state index contributed by atoms with van der Waals surface area (Å²) in [7, 11) is -1.43. The molecule has 2 N–H and O–H groups in total. The van der Waals surface area contributed by atoms with Gasteiger partial charge in [0, 0.05) is 39.9 Å². The van der Waals surface area contributed by atoms with Crippen LogP contribution >= 0.6 is 0 Å². The summed E-state index contributed by atoms with van der Waals surface area (Å²) in [4.78, 5) is 22.6. The first-order valence-electron chi connectivity index (χ1n) is 9.57. The van der Waals surface area contributed by atoms with Gasteiger partial charge >= 0.3 is 0 Å². The number of likely N-dealkylation sites (tertiary alicyclic amines) is 1. The van der Waals surface area contributed by atoms with Crippen molar-refractivity contribution in [3.05, 3.63) is 29.8 Å². The van der Waals surface area contributed by atoms with Crippen molar-refractivity contribution in [3.63, 3.8) is 0 Å². The van der Waals surface area contributed by atoms with E-state index in [1.165, 1.54) is 6.26 Å². The van der Waals surface area contributed by atoms with Crippen LogP contribution in [0.3, 0.4) is 0 Å². The lowest BCUT2D eigenvalue weighted by Crippen LogP contribution is -2.49. The van der Waals surface area contributed by atoms with Crippen molar-refractivity contribution in [2.45, 2.75) is 43.4 Å². The lowest BCUT2D eigenvalue weighted by Gasteiger charge is -2.37. The molecule has 8 nitrogen and oxygen atoms in total. The van der Waals surface area contributed by atoms with E-state index in [4.69, 9.17) is 14.6 Å². The van der Waals surface area contributed by atoms with Crippen LogP contribution in [0.1, 0.15) is 25.3 Å². The fourth-order valence-electron chi connectivity index (χ4n) is 4.41. The first-order chi connectivity index (χ1) is 13.7. The maximum absolute atomic E-state index is 11.6. The molecule has 1 saturated carbocycles. The van der Waals surface area contributed by atoms with E-state index >= 15 is 0 Å². The van der Waals surface area contributed by atoms with Gasteiger partial charge < -0.3 is 15.2 Å². The third kappa shape index (κ3) is 6.52. The highest BCUT2D eigenvalue weighted by Gasteiger charge is 2.42. The summed E-state index contributed by atoms with van der Waals surface area (Å²) in [5.74, 6) is 1.14. The van der Waals surface area contributed by atoms with Gasteiger partial charge in [-0.2, -0.15) is 0 Å². The average Bonchev–Trinajstić information content (AvgIpc) is 3.02. The molecule has 0 spiro atoms. The van der Waals surface area contributed by atoms with Gasteiger partial charge in [0.05, 0.1) is 17.0 Å². The van der Waals surface area contributed by atoms with Crippen molar-refractivity contribution in [2.75, 3.05) is 26.5 Å². The molecule has 9 heteroatoms. The van der Waals surface area contributed by atoms with Gasteiger partial charge in [-0.05, 0) is 42.4 Å². The highest BCUT2D eigenvalue weighted by atomic mass is 32.2. The van der Waals surface area contributed by atoms with Crippen molar-refractivity contribution in [1.29, 1.82) is 0 Å². The lowest BCUT2D eigenvalue weighted by atomic mass is 9.77. The minimum Gasteiger partial charge on any atom is -0.483 e. The molecule has 29 heavy (non-hydrogen) atoms. The van der Waals surface area contributed by atoms with E-state index in [1.807, 2.05) is 12.1 Å². The van der Waals surface area contributed by atoms with E-state index in [1.54, 1.807) is 26.2 Å². The Morgan fingerprint density at radius 1 is 1.24 bits per heavy atom. The second-order valence-corrected chi connectivity index (χ2v) is 9.80. The van der Waals surface area contributed by atoms with E-state index in [-0.39, 0.29) is 24.5 Å². The maximum Gasteiger partial charge on any atom is 0.290 e. The summed E-state index contributed by atoms with van der Waals surface area (Å²) in [5.41, 5.74) is 1.12. The standard InChI is InChI=1S/C19H28N2O4S.CH2O2/c1-13(22)20-18-8-15-11-21(12-16(15)9-19(18)25-2)10-14-4-6-17(7-5-14)26(3,23)24;2-1-3/h4-7,15-16,18-19H,8-12H2,1-3H3,(H,20,22);1H,(H,2,3)/t15-,16+,18-,19-;/m1./s1. The molecular weight excluding hydrogens is 396 g/mol. The zero-order valence-electron chi connectivity index (χ0n) is 17.1. The normalized spacial score (nSPS) is 26.7.